The molecular formula is C24H36O4. The van der Waals surface area contributed by atoms with Crippen molar-refractivity contribution in [2.24, 2.45) is 39.9 Å². The zero-order valence-electron chi connectivity index (χ0n) is 17.9. The first kappa shape index (κ1) is 20.0. The van der Waals surface area contributed by atoms with Crippen LogP contribution in [0.4, 0.5) is 0 Å². The Morgan fingerprint density at radius 3 is 2.50 bits per heavy atom. The molecule has 0 saturated heterocycles. The maximum absolute atomic E-state index is 12.5. The van der Waals surface area contributed by atoms with E-state index in [0.717, 1.165) is 25.7 Å². The fourth-order valence-corrected chi connectivity index (χ4v) is 7.92. The molecule has 1 spiro atoms. The van der Waals surface area contributed by atoms with Crippen LogP contribution in [-0.2, 0) is 14.3 Å². The Hall–Kier alpha value is -1.32. The number of aliphatic carboxylic acids is 1. The smallest absolute Gasteiger partial charge is 0.307 e. The first-order chi connectivity index (χ1) is 13.2. The predicted octanol–water partition coefficient (Wildman–Crippen LogP) is 5.22. The van der Waals surface area contributed by atoms with Crippen molar-refractivity contribution in [1.82, 2.24) is 0 Å². The zero-order chi connectivity index (χ0) is 20.3. The van der Waals surface area contributed by atoms with Crippen molar-refractivity contribution in [3.8, 4) is 0 Å². The molecule has 3 saturated carbocycles. The molecule has 4 rings (SSSR count). The van der Waals surface area contributed by atoms with Crippen LogP contribution in [0.1, 0.15) is 79.1 Å². The normalized spacial score (nSPS) is 45.8. The second-order valence-electron chi connectivity index (χ2n) is 10.8. The van der Waals surface area contributed by atoms with Crippen LogP contribution in [0.2, 0.25) is 0 Å². The number of hydrogen-bond acceptors (Lipinski definition) is 3. The molecule has 4 heteroatoms. The molecule has 0 aromatic heterocycles. The van der Waals surface area contributed by atoms with E-state index in [2.05, 4.69) is 32.9 Å². The van der Waals surface area contributed by atoms with Gasteiger partial charge in [0, 0.05) is 17.8 Å². The summed E-state index contributed by atoms with van der Waals surface area (Å²) in [4.78, 5) is 24.5. The predicted molar refractivity (Wildman–Crippen MR) is 108 cm³/mol. The van der Waals surface area contributed by atoms with Crippen LogP contribution in [0.3, 0.4) is 0 Å². The molecule has 4 aliphatic carbocycles. The van der Waals surface area contributed by atoms with Gasteiger partial charge in [0.2, 0.25) is 0 Å². The number of carbonyl (C=O) groups is 2. The number of ether oxygens (including phenoxy) is 1. The molecule has 0 aromatic carbocycles. The van der Waals surface area contributed by atoms with Crippen molar-refractivity contribution in [2.75, 3.05) is 0 Å². The number of allylic oxidation sites excluding steroid dienone is 1. The summed E-state index contributed by atoms with van der Waals surface area (Å²) in [6.45, 7) is 9.22. The second-order valence-corrected chi connectivity index (χ2v) is 10.8. The average molecular weight is 389 g/mol. The third kappa shape index (κ3) is 2.62. The van der Waals surface area contributed by atoms with E-state index >= 15 is 0 Å². The standard InChI is InChI=1S/C24H36O4/c1-5-7-20(25)28-19-14-18-22(2,3)11-6-12-23(18,4)17-9-8-15(21(26)27)16-10-13-24(16,17)19/h10,13,15-19H,5-9,11-12,14H2,1-4H3,(H,26,27)/t15-,16-,17-,18+,19-,23-,24+/m1/s1. The Balaban J connectivity index is 1.76. The van der Waals surface area contributed by atoms with Crippen LogP contribution in [0.5, 0.6) is 0 Å². The number of fused-ring (bicyclic) bond motifs is 2. The van der Waals surface area contributed by atoms with Gasteiger partial charge in [-0.15, -0.1) is 0 Å². The highest BCUT2D eigenvalue weighted by atomic mass is 16.5. The molecule has 0 heterocycles. The van der Waals surface area contributed by atoms with E-state index in [1.807, 2.05) is 6.92 Å². The topological polar surface area (TPSA) is 63.6 Å². The summed E-state index contributed by atoms with van der Waals surface area (Å²) in [6, 6.07) is 0. The molecule has 0 amide bonds. The first-order valence-electron chi connectivity index (χ1n) is 11.3. The van der Waals surface area contributed by atoms with E-state index in [0.29, 0.717) is 18.3 Å². The van der Waals surface area contributed by atoms with Crippen molar-refractivity contribution >= 4 is 11.9 Å². The molecule has 4 aliphatic rings. The van der Waals surface area contributed by atoms with Crippen molar-refractivity contribution in [3.63, 3.8) is 0 Å². The molecule has 0 bridgehead atoms. The summed E-state index contributed by atoms with van der Waals surface area (Å²) in [5.41, 5.74) is 0.155. The molecule has 0 aliphatic heterocycles. The summed E-state index contributed by atoms with van der Waals surface area (Å²) in [5.74, 6) is -0.226. The maximum Gasteiger partial charge on any atom is 0.307 e. The Kier molecular flexibility index (Phi) is 4.71. The summed E-state index contributed by atoms with van der Waals surface area (Å²) in [6.07, 6.45) is 11.6. The fourth-order valence-electron chi connectivity index (χ4n) is 7.92. The van der Waals surface area contributed by atoms with E-state index in [4.69, 9.17) is 4.74 Å². The van der Waals surface area contributed by atoms with Crippen LogP contribution < -0.4 is 0 Å². The van der Waals surface area contributed by atoms with Gasteiger partial charge in [0.15, 0.2) is 0 Å². The van der Waals surface area contributed by atoms with Gasteiger partial charge in [0.25, 0.3) is 0 Å². The van der Waals surface area contributed by atoms with Crippen molar-refractivity contribution in [1.29, 1.82) is 0 Å². The summed E-state index contributed by atoms with van der Waals surface area (Å²) < 4.78 is 6.16. The van der Waals surface area contributed by atoms with Crippen molar-refractivity contribution in [3.05, 3.63) is 12.2 Å². The quantitative estimate of drug-likeness (QED) is 0.530. The van der Waals surface area contributed by atoms with Gasteiger partial charge >= 0.3 is 11.9 Å². The minimum absolute atomic E-state index is 0.00555. The second kappa shape index (κ2) is 6.60. The van der Waals surface area contributed by atoms with Crippen LogP contribution in [0.15, 0.2) is 12.2 Å². The Morgan fingerprint density at radius 1 is 1.14 bits per heavy atom. The minimum Gasteiger partial charge on any atom is -0.481 e. The van der Waals surface area contributed by atoms with Crippen molar-refractivity contribution in [2.45, 2.75) is 85.2 Å². The largest absolute Gasteiger partial charge is 0.481 e. The number of hydrogen-bond donors (Lipinski definition) is 1. The maximum atomic E-state index is 12.5. The monoisotopic (exact) mass is 388 g/mol. The lowest BCUT2D eigenvalue weighted by molar-refractivity contribution is -0.227. The highest BCUT2D eigenvalue weighted by Crippen LogP contribution is 2.72. The zero-order valence-corrected chi connectivity index (χ0v) is 17.9. The van der Waals surface area contributed by atoms with Gasteiger partial charge < -0.3 is 9.84 Å². The van der Waals surface area contributed by atoms with E-state index in [1.165, 1.54) is 19.3 Å². The first-order valence-corrected chi connectivity index (χ1v) is 11.3. The molecule has 0 unspecified atom stereocenters. The molecule has 1 N–H and O–H groups in total. The number of esters is 1. The van der Waals surface area contributed by atoms with Crippen LogP contribution in [0.25, 0.3) is 0 Å². The third-order valence-corrected chi connectivity index (χ3v) is 9.10. The third-order valence-electron chi connectivity index (χ3n) is 9.10. The van der Waals surface area contributed by atoms with E-state index < -0.39 is 5.97 Å². The molecule has 0 aromatic rings. The SMILES string of the molecule is CCCC(=O)O[C@@H]1C[C@H]2C(C)(C)CCC[C@]2(C)[C@H]2CC[C@@H](C(=O)O)[C@H]3C=C[C@]321. The van der Waals surface area contributed by atoms with Crippen LogP contribution in [0, 0.1) is 39.9 Å². The van der Waals surface area contributed by atoms with Gasteiger partial charge in [-0.25, -0.2) is 0 Å². The lowest BCUT2D eigenvalue weighted by Crippen LogP contribution is -2.68. The fraction of sp³-hybridized carbons (Fsp3) is 0.833. The number of carboxylic acids is 1. The minimum atomic E-state index is -0.693. The van der Waals surface area contributed by atoms with Gasteiger partial charge in [-0.1, -0.05) is 46.3 Å². The van der Waals surface area contributed by atoms with Gasteiger partial charge in [-0.05, 0) is 61.2 Å². The molecule has 7 atom stereocenters. The lowest BCUT2D eigenvalue weighted by atomic mass is 9.35. The number of carboxylic acid groups (broad SMARTS) is 1. The Labute approximate surface area is 169 Å². The Bertz CT molecular complexity index is 695. The molecule has 0 radical (unpaired) electrons. The molecule has 3 fully saturated rings. The molecule has 156 valence electrons. The van der Waals surface area contributed by atoms with E-state index in [-0.39, 0.29) is 40.2 Å². The van der Waals surface area contributed by atoms with Gasteiger partial charge in [0.1, 0.15) is 6.10 Å². The summed E-state index contributed by atoms with van der Waals surface area (Å²) in [7, 11) is 0. The van der Waals surface area contributed by atoms with Gasteiger partial charge in [0.05, 0.1) is 5.92 Å². The molecule has 4 nitrogen and oxygen atoms in total. The number of carbonyl (C=O) groups excluding carboxylic acids is 1. The van der Waals surface area contributed by atoms with E-state index in [1.54, 1.807) is 0 Å². The van der Waals surface area contributed by atoms with Crippen LogP contribution in [-0.4, -0.2) is 23.1 Å². The number of rotatable bonds is 4. The van der Waals surface area contributed by atoms with Gasteiger partial charge in [-0.2, -0.15) is 0 Å². The molecular weight excluding hydrogens is 352 g/mol. The van der Waals surface area contributed by atoms with Gasteiger partial charge in [-0.3, -0.25) is 9.59 Å². The highest BCUT2D eigenvalue weighted by molar-refractivity contribution is 5.72. The average Bonchev–Trinajstić information content (AvgIpc) is 2.57. The van der Waals surface area contributed by atoms with Crippen molar-refractivity contribution < 1.29 is 19.4 Å². The van der Waals surface area contributed by atoms with Crippen LogP contribution >= 0.6 is 0 Å². The summed E-state index contributed by atoms with van der Waals surface area (Å²) in [5, 5.41) is 9.84. The van der Waals surface area contributed by atoms with E-state index in [9.17, 15) is 14.7 Å². The molecule has 28 heavy (non-hydrogen) atoms. The highest BCUT2D eigenvalue weighted by Gasteiger charge is 2.69. The lowest BCUT2D eigenvalue weighted by Gasteiger charge is -2.70. The summed E-state index contributed by atoms with van der Waals surface area (Å²) >= 11 is 0. The Morgan fingerprint density at radius 2 is 1.89 bits per heavy atom.